The quantitative estimate of drug-likeness (QED) is 0.713. The van der Waals surface area contributed by atoms with Crippen LogP contribution in [0.15, 0.2) is 0 Å². The van der Waals surface area contributed by atoms with Crippen molar-refractivity contribution >= 4 is 11.6 Å². The number of rotatable bonds is 5. The molecule has 0 aromatic heterocycles. The molecule has 1 saturated heterocycles. The summed E-state index contributed by atoms with van der Waals surface area (Å²) in [6, 6.07) is 0. The largest absolute Gasteiger partial charge is 0.381 e. The number of hydrogen-bond acceptors (Lipinski definition) is 2. The topological polar surface area (TPSA) is 21.3 Å². The molecule has 1 aliphatic carbocycles. The summed E-state index contributed by atoms with van der Waals surface area (Å²) in [5.41, 5.74) is 0.175. The Morgan fingerprint density at radius 3 is 2.57 bits per heavy atom. The fourth-order valence-corrected chi connectivity index (χ4v) is 2.43. The van der Waals surface area contributed by atoms with Crippen molar-refractivity contribution in [3.8, 4) is 0 Å². The van der Waals surface area contributed by atoms with Crippen LogP contribution in [0.5, 0.6) is 0 Å². The first-order chi connectivity index (χ1) is 6.85. The molecule has 1 aliphatic heterocycles. The highest BCUT2D eigenvalue weighted by Crippen LogP contribution is 2.32. The van der Waals surface area contributed by atoms with Gasteiger partial charge >= 0.3 is 0 Å². The molecule has 82 valence electrons. The Kier molecular flexibility index (Phi) is 3.69. The Morgan fingerprint density at radius 1 is 1.29 bits per heavy atom. The minimum absolute atomic E-state index is 0.175. The fourth-order valence-electron chi connectivity index (χ4n) is 2.07. The van der Waals surface area contributed by atoms with Crippen LogP contribution >= 0.6 is 11.6 Å². The lowest BCUT2D eigenvalue weighted by molar-refractivity contribution is 0.0465. The van der Waals surface area contributed by atoms with Gasteiger partial charge in [-0.2, -0.15) is 0 Å². The van der Waals surface area contributed by atoms with Gasteiger partial charge in [-0.05, 0) is 31.7 Å². The van der Waals surface area contributed by atoms with Gasteiger partial charge in [-0.25, -0.2) is 0 Å². The minimum atomic E-state index is 0.175. The normalized spacial score (nSPS) is 26.4. The molecule has 1 saturated carbocycles. The van der Waals surface area contributed by atoms with E-state index in [9.17, 15) is 0 Å². The second-order valence-electron chi connectivity index (χ2n) is 4.69. The number of nitrogens with one attached hydrogen (secondary N) is 1. The van der Waals surface area contributed by atoms with E-state index in [0.29, 0.717) is 0 Å². The van der Waals surface area contributed by atoms with Crippen LogP contribution in [0.1, 0.15) is 32.1 Å². The van der Waals surface area contributed by atoms with Crippen molar-refractivity contribution in [2.45, 2.75) is 37.6 Å². The van der Waals surface area contributed by atoms with E-state index >= 15 is 0 Å². The maximum atomic E-state index is 6.05. The third-order valence-corrected chi connectivity index (χ3v) is 3.97. The van der Waals surface area contributed by atoms with Gasteiger partial charge in [0.1, 0.15) is 0 Å². The first-order valence-electron chi connectivity index (χ1n) is 5.73. The summed E-state index contributed by atoms with van der Waals surface area (Å²) < 4.78 is 5.37. The van der Waals surface area contributed by atoms with Crippen molar-refractivity contribution in [1.82, 2.24) is 5.32 Å². The van der Waals surface area contributed by atoms with E-state index in [2.05, 4.69) is 5.32 Å². The predicted octanol–water partition coefficient (Wildman–Crippen LogP) is 2.16. The lowest BCUT2D eigenvalue weighted by Crippen LogP contribution is -2.51. The van der Waals surface area contributed by atoms with Crippen LogP contribution in [-0.4, -0.2) is 31.2 Å². The average Bonchev–Trinajstić information content (AvgIpc) is 3.03. The minimum Gasteiger partial charge on any atom is -0.381 e. The van der Waals surface area contributed by atoms with E-state index in [4.69, 9.17) is 16.3 Å². The SMILES string of the molecule is ClCC1(NCCC2CC2)CCOCC1. The van der Waals surface area contributed by atoms with Gasteiger partial charge in [0.05, 0.1) is 0 Å². The molecule has 2 aliphatic rings. The standard InChI is InChI=1S/C11H20ClNO/c12-9-11(4-7-14-8-5-11)13-6-3-10-1-2-10/h10,13H,1-9H2. The van der Waals surface area contributed by atoms with Crippen LogP contribution in [0, 0.1) is 5.92 Å². The van der Waals surface area contributed by atoms with Gasteiger partial charge in [0.2, 0.25) is 0 Å². The molecule has 2 fully saturated rings. The number of alkyl halides is 1. The zero-order valence-electron chi connectivity index (χ0n) is 8.73. The van der Waals surface area contributed by atoms with E-state index in [-0.39, 0.29) is 5.54 Å². The third-order valence-electron chi connectivity index (χ3n) is 3.46. The molecule has 0 bridgehead atoms. The Hall–Kier alpha value is 0.210. The van der Waals surface area contributed by atoms with Gasteiger partial charge in [0.25, 0.3) is 0 Å². The summed E-state index contributed by atoms with van der Waals surface area (Å²) in [5.74, 6) is 1.73. The van der Waals surface area contributed by atoms with Crippen molar-refractivity contribution in [3.05, 3.63) is 0 Å². The van der Waals surface area contributed by atoms with Crippen LogP contribution in [0.25, 0.3) is 0 Å². The number of halogens is 1. The zero-order chi connectivity index (χ0) is 9.86. The maximum Gasteiger partial charge on any atom is 0.0484 e. The molecule has 1 heterocycles. The molecule has 14 heavy (non-hydrogen) atoms. The van der Waals surface area contributed by atoms with Gasteiger partial charge in [-0.1, -0.05) is 12.8 Å². The van der Waals surface area contributed by atoms with E-state index < -0.39 is 0 Å². The third kappa shape index (κ3) is 2.85. The monoisotopic (exact) mass is 217 g/mol. The lowest BCUT2D eigenvalue weighted by atomic mass is 9.92. The van der Waals surface area contributed by atoms with Gasteiger partial charge in [-0.15, -0.1) is 11.6 Å². The highest BCUT2D eigenvalue weighted by Gasteiger charge is 2.31. The van der Waals surface area contributed by atoms with Crippen LogP contribution in [0.2, 0.25) is 0 Å². The highest BCUT2D eigenvalue weighted by molar-refractivity contribution is 6.18. The highest BCUT2D eigenvalue weighted by atomic mass is 35.5. The number of ether oxygens (including phenoxy) is 1. The summed E-state index contributed by atoms with van der Waals surface area (Å²) in [6.07, 6.45) is 6.36. The van der Waals surface area contributed by atoms with Crippen molar-refractivity contribution in [2.24, 2.45) is 5.92 Å². The fraction of sp³-hybridized carbons (Fsp3) is 1.00. The summed E-state index contributed by atoms with van der Waals surface area (Å²) in [4.78, 5) is 0. The summed E-state index contributed by atoms with van der Waals surface area (Å²) in [7, 11) is 0. The molecule has 0 aromatic rings. The molecule has 1 N–H and O–H groups in total. The second kappa shape index (κ2) is 4.82. The molecule has 2 rings (SSSR count). The molecule has 0 spiro atoms. The molecular formula is C11H20ClNO. The zero-order valence-corrected chi connectivity index (χ0v) is 9.48. The van der Waals surface area contributed by atoms with E-state index in [1.807, 2.05) is 0 Å². The molecule has 3 heteroatoms. The van der Waals surface area contributed by atoms with Crippen molar-refractivity contribution in [2.75, 3.05) is 25.6 Å². The van der Waals surface area contributed by atoms with Crippen molar-refractivity contribution in [3.63, 3.8) is 0 Å². The van der Waals surface area contributed by atoms with Crippen LogP contribution in [0.4, 0.5) is 0 Å². The molecule has 0 amide bonds. The first-order valence-corrected chi connectivity index (χ1v) is 6.27. The molecule has 0 atom stereocenters. The van der Waals surface area contributed by atoms with Crippen LogP contribution < -0.4 is 5.32 Å². The number of hydrogen-bond donors (Lipinski definition) is 1. The Labute approximate surface area is 91.3 Å². The van der Waals surface area contributed by atoms with E-state index in [1.54, 1.807) is 0 Å². The van der Waals surface area contributed by atoms with E-state index in [0.717, 1.165) is 44.4 Å². The summed E-state index contributed by atoms with van der Waals surface area (Å²) in [6.45, 7) is 2.86. The lowest BCUT2D eigenvalue weighted by Gasteiger charge is -2.36. The van der Waals surface area contributed by atoms with Crippen molar-refractivity contribution < 1.29 is 4.74 Å². The Bertz CT molecular complexity index is 176. The molecule has 2 nitrogen and oxygen atoms in total. The Balaban J connectivity index is 1.71. The smallest absolute Gasteiger partial charge is 0.0484 e. The van der Waals surface area contributed by atoms with E-state index in [1.165, 1.54) is 19.3 Å². The summed E-state index contributed by atoms with van der Waals surface area (Å²) in [5, 5.41) is 3.64. The van der Waals surface area contributed by atoms with Gasteiger partial charge in [0.15, 0.2) is 0 Å². The van der Waals surface area contributed by atoms with Gasteiger partial charge in [-0.3, -0.25) is 0 Å². The maximum absolute atomic E-state index is 6.05. The van der Waals surface area contributed by atoms with Crippen molar-refractivity contribution in [1.29, 1.82) is 0 Å². The summed E-state index contributed by atoms with van der Waals surface area (Å²) >= 11 is 6.05. The van der Waals surface area contributed by atoms with Crippen LogP contribution in [-0.2, 0) is 4.74 Å². The van der Waals surface area contributed by atoms with Crippen LogP contribution in [0.3, 0.4) is 0 Å². The second-order valence-corrected chi connectivity index (χ2v) is 4.95. The molecular weight excluding hydrogens is 198 g/mol. The average molecular weight is 218 g/mol. The molecule has 0 unspecified atom stereocenters. The molecule has 0 aromatic carbocycles. The first kappa shape index (κ1) is 10.7. The Morgan fingerprint density at radius 2 is 2.00 bits per heavy atom. The predicted molar refractivity (Wildman–Crippen MR) is 58.8 cm³/mol. The molecule has 0 radical (unpaired) electrons. The van der Waals surface area contributed by atoms with Gasteiger partial charge < -0.3 is 10.1 Å². The van der Waals surface area contributed by atoms with Gasteiger partial charge in [0, 0.05) is 24.6 Å².